The number of aliphatic hydroxyl groups is 1. The van der Waals surface area contributed by atoms with Crippen LogP contribution >= 0.6 is 0 Å². The molecule has 0 aromatic rings. The van der Waals surface area contributed by atoms with Crippen LogP contribution in [-0.4, -0.2) is 23.4 Å². The van der Waals surface area contributed by atoms with Gasteiger partial charge in [-0.15, -0.1) is 0 Å². The van der Waals surface area contributed by atoms with Crippen molar-refractivity contribution in [3.63, 3.8) is 0 Å². The van der Waals surface area contributed by atoms with Gasteiger partial charge in [0.25, 0.3) is 0 Å². The van der Waals surface area contributed by atoms with Gasteiger partial charge in [-0.05, 0) is 25.2 Å². The van der Waals surface area contributed by atoms with E-state index in [1.165, 1.54) is 0 Å². The number of methoxy groups -OCH3 is 1. The van der Waals surface area contributed by atoms with E-state index in [-0.39, 0.29) is 0 Å². The second-order valence-electron chi connectivity index (χ2n) is 4.34. The van der Waals surface area contributed by atoms with Crippen LogP contribution in [0.3, 0.4) is 0 Å². The molecule has 0 saturated heterocycles. The molecule has 0 radical (unpaired) electrons. The van der Waals surface area contributed by atoms with Crippen LogP contribution in [0.1, 0.15) is 53.9 Å². The largest absolute Gasteiger partial charge is 0.387 e. The van der Waals surface area contributed by atoms with Gasteiger partial charge in [0.2, 0.25) is 0 Å². The van der Waals surface area contributed by atoms with Crippen LogP contribution in [0.25, 0.3) is 0 Å². The summed E-state index contributed by atoms with van der Waals surface area (Å²) in [5.41, 5.74) is -1.11. The highest BCUT2D eigenvalue weighted by Gasteiger charge is 2.49. The molecule has 0 heterocycles. The summed E-state index contributed by atoms with van der Waals surface area (Å²) >= 11 is 0. The monoisotopic (exact) mass is 202 g/mol. The van der Waals surface area contributed by atoms with Crippen LogP contribution in [0, 0.1) is 5.92 Å². The lowest BCUT2D eigenvalue weighted by atomic mass is 9.70. The Morgan fingerprint density at radius 1 is 1.07 bits per heavy atom. The van der Waals surface area contributed by atoms with Crippen LogP contribution in [0.4, 0.5) is 0 Å². The highest BCUT2D eigenvalue weighted by atomic mass is 16.5. The number of hydrogen-bond acceptors (Lipinski definition) is 2. The molecule has 0 aliphatic heterocycles. The third-order valence-corrected chi connectivity index (χ3v) is 3.78. The van der Waals surface area contributed by atoms with Crippen molar-refractivity contribution >= 4 is 0 Å². The molecule has 0 aliphatic carbocycles. The Labute approximate surface area is 88.7 Å². The van der Waals surface area contributed by atoms with Crippen LogP contribution < -0.4 is 0 Å². The zero-order valence-electron chi connectivity index (χ0n) is 10.6. The molecule has 0 bridgehead atoms. The first-order valence-electron chi connectivity index (χ1n) is 5.71. The van der Waals surface area contributed by atoms with E-state index in [2.05, 4.69) is 20.8 Å². The number of rotatable bonds is 6. The van der Waals surface area contributed by atoms with Gasteiger partial charge in [-0.2, -0.15) is 0 Å². The van der Waals surface area contributed by atoms with Gasteiger partial charge in [0.05, 0.1) is 11.2 Å². The van der Waals surface area contributed by atoms with Gasteiger partial charge in [-0.25, -0.2) is 0 Å². The maximum Gasteiger partial charge on any atom is 0.0984 e. The molecule has 2 heteroatoms. The molecule has 0 spiro atoms. The van der Waals surface area contributed by atoms with Crippen molar-refractivity contribution in [2.75, 3.05) is 7.11 Å². The van der Waals surface area contributed by atoms with Crippen molar-refractivity contribution in [3.8, 4) is 0 Å². The highest BCUT2D eigenvalue weighted by molar-refractivity contribution is 5.00. The van der Waals surface area contributed by atoms with E-state index in [9.17, 15) is 5.11 Å². The third-order valence-electron chi connectivity index (χ3n) is 3.78. The minimum Gasteiger partial charge on any atom is -0.387 e. The average molecular weight is 202 g/mol. The molecule has 0 saturated carbocycles. The summed E-state index contributed by atoms with van der Waals surface area (Å²) in [5, 5.41) is 10.6. The smallest absolute Gasteiger partial charge is 0.0984 e. The standard InChI is InChI=1S/C12H26O2/c1-7-11(13,8-2)12(9-3,14-6)10(4)5/h10,13H,7-9H2,1-6H3/t12-/m1/s1. The Morgan fingerprint density at radius 3 is 1.57 bits per heavy atom. The first-order valence-corrected chi connectivity index (χ1v) is 5.71. The fourth-order valence-corrected chi connectivity index (χ4v) is 2.69. The topological polar surface area (TPSA) is 29.5 Å². The van der Waals surface area contributed by atoms with Gasteiger partial charge in [-0.1, -0.05) is 34.6 Å². The minimum absolute atomic E-state index is 0.322. The third kappa shape index (κ3) is 1.96. The van der Waals surface area contributed by atoms with E-state index < -0.39 is 11.2 Å². The van der Waals surface area contributed by atoms with Gasteiger partial charge in [0.1, 0.15) is 0 Å². The molecule has 0 unspecified atom stereocenters. The summed E-state index contributed by atoms with van der Waals surface area (Å²) in [6.45, 7) is 10.4. The van der Waals surface area contributed by atoms with Crippen molar-refractivity contribution in [2.24, 2.45) is 5.92 Å². The molecule has 0 aromatic carbocycles. The summed E-state index contributed by atoms with van der Waals surface area (Å²) in [6.07, 6.45) is 2.33. The maximum atomic E-state index is 10.6. The van der Waals surface area contributed by atoms with Gasteiger partial charge in [0.15, 0.2) is 0 Å². The Morgan fingerprint density at radius 2 is 1.50 bits per heavy atom. The summed E-state index contributed by atoms with van der Waals surface area (Å²) in [4.78, 5) is 0. The summed E-state index contributed by atoms with van der Waals surface area (Å²) < 4.78 is 5.65. The van der Waals surface area contributed by atoms with Crippen LogP contribution in [-0.2, 0) is 4.74 Å². The Bertz CT molecular complexity index is 156. The van der Waals surface area contributed by atoms with E-state index in [0.29, 0.717) is 5.92 Å². The van der Waals surface area contributed by atoms with E-state index in [0.717, 1.165) is 19.3 Å². The first-order chi connectivity index (χ1) is 6.44. The zero-order valence-corrected chi connectivity index (χ0v) is 10.6. The lowest BCUT2D eigenvalue weighted by Crippen LogP contribution is -2.57. The lowest BCUT2D eigenvalue weighted by molar-refractivity contribution is -0.198. The molecule has 0 amide bonds. The van der Waals surface area contributed by atoms with E-state index in [4.69, 9.17) is 4.74 Å². The predicted molar refractivity (Wildman–Crippen MR) is 60.4 cm³/mol. The van der Waals surface area contributed by atoms with Gasteiger partial charge < -0.3 is 9.84 Å². The highest BCUT2D eigenvalue weighted by Crippen LogP contribution is 2.40. The molecule has 14 heavy (non-hydrogen) atoms. The Balaban J connectivity index is 5.14. The molecule has 0 fully saturated rings. The van der Waals surface area contributed by atoms with Crippen molar-refractivity contribution < 1.29 is 9.84 Å². The zero-order chi connectivity index (χ0) is 11.4. The van der Waals surface area contributed by atoms with Gasteiger partial charge >= 0.3 is 0 Å². The van der Waals surface area contributed by atoms with E-state index >= 15 is 0 Å². The predicted octanol–water partition coefficient (Wildman–Crippen LogP) is 2.99. The quantitative estimate of drug-likeness (QED) is 0.717. The molecule has 1 atom stereocenters. The average Bonchev–Trinajstić information content (AvgIpc) is 2.19. The second kappa shape index (κ2) is 5.13. The fraction of sp³-hybridized carbons (Fsp3) is 1.00. The Kier molecular flexibility index (Phi) is 5.10. The van der Waals surface area contributed by atoms with Crippen molar-refractivity contribution in [1.29, 1.82) is 0 Å². The van der Waals surface area contributed by atoms with E-state index in [1.807, 2.05) is 13.8 Å². The van der Waals surface area contributed by atoms with Gasteiger partial charge in [0, 0.05) is 7.11 Å². The van der Waals surface area contributed by atoms with Crippen LogP contribution in [0.5, 0.6) is 0 Å². The first kappa shape index (κ1) is 13.9. The minimum atomic E-state index is -0.704. The number of ether oxygens (including phenoxy) is 1. The van der Waals surface area contributed by atoms with E-state index in [1.54, 1.807) is 7.11 Å². The molecular formula is C12H26O2. The summed E-state index contributed by atoms with van der Waals surface area (Å²) in [7, 11) is 1.71. The molecule has 0 aromatic heterocycles. The number of hydrogen-bond donors (Lipinski definition) is 1. The van der Waals surface area contributed by atoms with Crippen LogP contribution in [0.15, 0.2) is 0 Å². The molecule has 1 N–H and O–H groups in total. The van der Waals surface area contributed by atoms with Crippen molar-refractivity contribution in [3.05, 3.63) is 0 Å². The van der Waals surface area contributed by atoms with Crippen molar-refractivity contribution in [1.82, 2.24) is 0 Å². The SMILES string of the molecule is CCC(O)(CC)[C@](CC)(OC)C(C)C. The molecule has 0 rings (SSSR count). The fourth-order valence-electron chi connectivity index (χ4n) is 2.69. The second-order valence-corrected chi connectivity index (χ2v) is 4.34. The van der Waals surface area contributed by atoms with Crippen molar-refractivity contribution in [2.45, 2.75) is 65.1 Å². The lowest BCUT2D eigenvalue weighted by Gasteiger charge is -2.48. The van der Waals surface area contributed by atoms with Gasteiger partial charge in [-0.3, -0.25) is 0 Å². The normalized spacial score (nSPS) is 17.1. The molecule has 0 aliphatic rings. The van der Waals surface area contributed by atoms with Crippen LogP contribution in [0.2, 0.25) is 0 Å². The molecule has 86 valence electrons. The summed E-state index contributed by atoms with van der Waals surface area (Å²) in [6, 6.07) is 0. The Hall–Kier alpha value is -0.0800. The summed E-state index contributed by atoms with van der Waals surface area (Å²) in [5.74, 6) is 0.322. The molecular weight excluding hydrogens is 176 g/mol. The molecule has 2 nitrogen and oxygen atoms in total. The maximum absolute atomic E-state index is 10.6.